The zero-order valence-electron chi connectivity index (χ0n) is 13.7. The predicted molar refractivity (Wildman–Crippen MR) is 90.0 cm³/mol. The molecule has 1 aromatic carbocycles. The standard InChI is InChI=1S/C18H22FN3O2/c1-14(18(23)20-17-7-3-2-6-16(17)19)22-10-8-21(9-11-22)13-15-5-4-12-24-15/h2-7,12,14H,8-11,13H2,1H3,(H,20,23)/t14-/m0/s1. The van der Waals surface area contributed by atoms with Gasteiger partial charge in [-0.05, 0) is 31.2 Å². The number of rotatable bonds is 5. The van der Waals surface area contributed by atoms with Crippen LogP contribution in [0.4, 0.5) is 10.1 Å². The van der Waals surface area contributed by atoms with Gasteiger partial charge in [0.05, 0.1) is 24.5 Å². The molecule has 3 rings (SSSR count). The molecule has 5 nitrogen and oxygen atoms in total. The number of anilines is 1. The van der Waals surface area contributed by atoms with Crippen LogP contribution in [0.5, 0.6) is 0 Å². The van der Waals surface area contributed by atoms with E-state index in [1.54, 1.807) is 24.5 Å². The Kier molecular flexibility index (Phi) is 5.27. The number of carbonyl (C=O) groups is 1. The number of furan rings is 1. The summed E-state index contributed by atoms with van der Waals surface area (Å²) < 4.78 is 19.0. The second kappa shape index (κ2) is 7.59. The Balaban J connectivity index is 1.50. The number of nitrogens with one attached hydrogen (secondary N) is 1. The van der Waals surface area contributed by atoms with Crippen LogP contribution in [-0.2, 0) is 11.3 Å². The minimum Gasteiger partial charge on any atom is -0.468 e. The molecule has 1 aliphatic rings. The smallest absolute Gasteiger partial charge is 0.241 e. The number of piperazine rings is 1. The van der Waals surface area contributed by atoms with Crippen molar-refractivity contribution in [3.8, 4) is 0 Å². The quantitative estimate of drug-likeness (QED) is 0.915. The second-order valence-corrected chi connectivity index (χ2v) is 6.04. The zero-order chi connectivity index (χ0) is 16.9. The van der Waals surface area contributed by atoms with Crippen LogP contribution in [-0.4, -0.2) is 47.9 Å². The molecule has 128 valence electrons. The van der Waals surface area contributed by atoms with Crippen molar-refractivity contribution in [2.75, 3.05) is 31.5 Å². The minimum absolute atomic E-state index is 0.181. The van der Waals surface area contributed by atoms with Crippen molar-refractivity contribution in [2.24, 2.45) is 0 Å². The first-order chi connectivity index (χ1) is 11.6. The summed E-state index contributed by atoms with van der Waals surface area (Å²) >= 11 is 0. The summed E-state index contributed by atoms with van der Waals surface area (Å²) in [6.45, 7) is 5.99. The Labute approximate surface area is 141 Å². The van der Waals surface area contributed by atoms with Gasteiger partial charge in [0.1, 0.15) is 11.6 Å². The number of nitrogens with zero attached hydrogens (tertiary/aromatic N) is 2. The number of hydrogen-bond donors (Lipinski definition) is 1. The first kappa shape index (κ1) is 16.7. The molecule has 1 aromatic heterocycles. The molecule has 1 amide bonds. The molecular weight excluding hydrogens is 309 g/mol. The molecule has 0 radical (unpaired) electrons. The highest BCUT2D eigenvalue weighted by Gasteiger charge is 2.26. The van der Waals surface area contributed by atoms with Crippen molar-refractivity contribution >= 4 is 11.6 Å². The van der Waals surface area contributed by atoms with Crippen LogP contribution in [0.1, 0.15) is 12.7 Å². The lowest BCUT2D eigenvalue weighted by molar-refractivity contribution is -0.121. The highest BCUT2D eigenvalue weighted by atomic mass is 19.1. The van der Waals surface area contributed by atoms with Crippen molar-refractivity contribution < 1.29 is 13.6 Å². The third-order valence-electron chi connectivity index (χ3n) is 4.43. The summed E-state index contributed by atoms with van der Waals surface area (Å²) in [6, 6.07) is 9.78. The molecule has 1 fully saturated rings. The predicted octanol–water partition coefficient (Wildman–Crippen LogP) is 2.56. The molecule has 1 saturated heterocycles. The SMILES string of the molecule is C[C@@H](C(=O)Nc1ccccc1F)N1CCN(Cc2ccco2)CC1. The summed E-state index contributed by atoms with van der Waals surface area (Å²) in [4.78, 5) is 16.8. The molecule has 0 aliphatic carbocycles. The summed E-state index contributed by atoms with van der Waals surface area (Å²) in [5.74, 6) is 0.356. The molecule has 0 bridgehead atoms. The zero-order valence-corrected chi connectivity index (χ0v) is 13.7. The van der Waals surface area contributed by atoms with Crippen molar-refractivity contribution in [3.63, 3.8) is 0 Å². The maximum absolute atomic E-state index is 13.6. The molecule has 0 spiro atoms. The molecule has 1 atom stereocenters. The lowest BCUT2D eigenvalue weighted by Gasteiger charge is -2.37. The number of para-hydroxylation sites is 1. The van der Waals surface area contributed by atoms with Crippen LogP contribution in [0.3, 0.4) is 0 Å². The number of benzene rings is 1. The largest absolute Gasteiger partial charge is 0.468 e. The average molecular weight is 331 g/mol. The van der Waals surface area contributed by atoms with E-state index in [0.717, 1.165) is 38.5 Å². The highest BCUT2D eigenvalue weighted by Crippen LogP contribution is 2.15. The Morgan fingerprint density at radius 2 is 1.96 bits per heavy atom. The van der Waals surface area contributed by atoms with Crippen LogP contribution < -0.4 is 5.32 Å². The van der Waals surface area contributed by atoms with Crippen LogP contribution in [0, 0.1) is 5.82 Å². The van der Waals surface area contributed by atoms with Crippen molar-refractivity contribution in [1.29, 1.82) is 0 Å². The van der Waals surface area contributed by atoms with Gasteiger partial charge in [0, 0.05) is 26.2 Å². The fraction of sp³-hybridized carbons (Fsp3) is 0.389. The molecule has 0 saturated carbocycles. The molecule has 1 N–H and O–H groups in total. The molecule has 24 heavy (non-hydrogen) atoms. The molecule has 0 unspecified atom stereocenters. The van der Waals surface area contributed by atoms with E-state index in [9.17, 15) is 9.18 Å². The Bertz CT molecular complexity index is 667. The third-order valence-corrected chi connectivity index (χ3v) is 4.43. The Morgan fingerprint density at radius 1 is 1.21 bits per heavy atom. The lowest BCUT2D eigenvalue weighted by atomic mass is 10.2. The van der Waals surface area contributed by atoms with Gasteiger partial charge in [-0.1, -0.05) is 12.1 Å². The van der Waals surface area contributed by atoms with E-state index in [-0.39, 0.29) is 17.6 Å². The Morgan fingerprint density at radius 3 is 2.62 bits per heavy atom. The molecule has 6 heteroatoms. The molecular formula is C18H22FN3O2. The normalized spacial score (nSPS) is 17.6. The van der Waals surface area contributed by atoms with Crippen LogP contribution >= 0.6 is 0 Å². The van der Waals surface area contributed by atoms with Gasteiger partial charge in [-0.2, -0.15) is 0 Å². The second-order valence-electron chi connectivity index (χ2n) is 6.04. The summed E-state index contributed by atoms with van der Waals surface area (Å²) in [7, 11) is 0. The van der Waals surface area contributed by atoms with Crippen LogP contribution in [0.2, 0.25) is 0 Å². The summed E-state index contributed by atoms with van der Waals surface area (Å²) in [5, 5.41) is 2.67. The van der Waals surface area contributed by atoms with Gasteiger partial charge in [0.25, 0.3) is 0 Å². The van der Waals surface area contributed by atoms with Gasteiger partial charge in [-0.3, -0.25) is 14.6 Å². The third kappa shape index (κ3) is 4.01. The lowest BCUT2D eigenvalue weighted by Crippen LogP contribution is -2.52. The first-order valence-electron chi connectivity index (χ1n) is 8.17. The molecule has 2 heterocycles. The van der Waals surface area contributed by atoms with Crippen molar-refractivity contribution in [2.45, 2.75) is 19.5 Å². The number of halogens is 1. The fourth-order valence-corrected chi connectivity index (χ4v) is 2.90. The molecule has 2 aromatic rings. The minimum atomic E-state index is -0.415. The molecule has 1 aliphatic heterocycles. The first-order valence-corrected chi connectivity index (χ1v) is 8.17. The number of amides is 1. The van der Waals surface area contributed by atoms with Gasteiger partial charge in [-0.25, -0.2) is 4.39 Å². The maximum Gasteiger partial charge on any atom is 0.241 e. The van der Waals surface area contributed by atoms with E-state index >= 15 is 0 Å². The van der Waals surface area contributed by atoms with Gasteiger partial charge in [0.15, 0.2) is 0 Å². The topological polar surface area (TPSA) is 48.7 Å². The maximum atomic E-state index is 13.6. The van der Waals surface area contributed by atoms with E-state index in [4.69, 9.17) is 4.42 Å². The van der Waals surface area contributed by atoms with Crippen molar-refractivity contribution in [1.82, 2.24) is 9.80 Å². The van der Waals surface area contributed by atoms with E-state index in [1.165, 1.54) is 6.07 Å². The van der Waals surface area contributed by atoms with Gasteiger partial charge >= 0.3 is 0 Å². The number of carbonyl (C=O) groups excluding carboxylic acids is 1. The van der Waals surface area contributed by atoms with Crippen molar-refractivity contribution in [3.05, 3.63) is 54.2 Å². The van der Waals surface area contributed by atoms with E-state index in [1.807, 2.05) is 19.1 Å². The van der Waals surface area contributed by atoms with E-state index in [2.05, 4.69) is 15.1 Å². The monoisotopic (exact) mass is 331 g/mol. The summed E-state index contributed by atoms with van der Waals surface area (Å²) in [6.07, 6.45) is 1.68. The van der Waals surface area contributed by atoms with E-state index < -0.39 is 5.82 Å². The number of hydrogen-bond acceptors (Lipinski definition) is 4. The highest BCUT2D eigenvalue weighted by molar-refractivity contribution is 5.94. The van der Waals surface area contributed by atoms with E-state index in [0.29, 0.717) is 0 Å². The van der Waals surface area contributed by atoms with Gasteiger partial charge in [-0.15, -0.1) is 0 Å². The van der Waals surface area contributed by atoms with Gasteiger partial charge < -0.3 is 9.73 Å². The average Bonchev–Trinajstić information content (AvgIpc) is 3.10. The van der Waals surface area contributed by atoms with Gasteiger partial charge in [0.2, 0.25) is 5.91 Å². The Hall–Kier alpha value is -2.18. The summed E-state index contributed by atoms with van der Waals surface area (Å²) in [5.41, 5.74) is 0.228. The van der Waals surface area contributed by atoms with Crippen LogP contribution in [0.25, 0.3) is 0 Å². The fourth-order valence-electron chi connectivity index (χ4n) is 2.90. The van der Waals surface area contributed by atoms with Crippen LogP contribution in [0.15, 0.2) is 47.1 Å².